The Labute approximate surface area is 158 Å². The van der Waals surface area contributed by atoms with Gasteiger partial charge in [-0.05, 0) is 38.8 Å². The van der Waals surface area contributed by atoms with E-state index in [1.165, 1.54) is 5.56 Å². The van der Waals surface area contributed by atoms with Crippen molar-refractivity contribution in [2.45, 2.75) is 26.7 Å². The fourth-order valence-electron chi connectivity index (χ4n) is 3.61. The summed E-state index contributed by atoms with van der Waals surface area (Å²) in [6.45, 7) is 6.09. The van der Waals surface area contributed by atoms with Gasteiger partial charge in [-0.25, -0.2) is 9.50 Å². The number of aromatic nitrogens is 3. The smallest absolute Gasteiger partial charge is 0.257 e. The summed E-state index contributed by atoms with van der Waals surface area (Å²) in [5, 5.41) is 4.25. The van der Waals surface area contributed by atoms with Crippen molar-refractivity contribution in [2.75, 3.05) is 19.7 Å². The second-order valence-electron chi connectivity index (χ2n) is 7.24. The van der Waals surface area contributed by atoms with Crippen molar-refractivity contribution >= 4 is 11.6 Å². The summed E-state index contributed by atoms with van der Waals surface area (Å²) in [6.07, 6.45) is 5.43. The van der Waals surface area contributed by atoms with Gasteiger partial charge in [0.25, 0.3) is 5.91 Å². The molecule has 27 heavy (non-hydrogen) atoms. The Balaban J connectivity index is 1.43. The van der Waals surface area contributed by atoms with Crippen LogP contribution in [0.5, 0.6) is 5.75 Å². The number of likely N-dealkylation sites (tertiary alicyclic amines) is 1. The first-order valence-electron chi connectivity index (χ1n) is 9.40. The molecular formula is C21H24N4O2. The number of ether oxygens (including phenoxy) is 1. The van der Waals surface area contributed by atoms with Gasteiger partial charge in [-0.3, -0.25) is 4.79 Å². The second-order valence-corrected chi connectivity index (χ2v) is 7.24. The topological polar surface area (TPSA) is 59.7 Å². The Kier molecular flexibility index (Phi) is 4.79. The molecule has 1 aromatic carbocycles. The lowest BCUT2D eigenvalue weighted by Gasteiger charge is -2.33. The van der Waals surface area contributed by atoms with Crippen molar-refractivity contribution in [2.24, 2.45) is 5.92 Å². The van der Waals surface area contributed by atoms with Gasteiger partial charge in [-0.15, -0.1) is 0 Å². The predicted molar refractivity (Wildman–Crippen MR) is 103 cm³/mol. The number of hydrogen-bond acceptors (Lipinski definition) is 4. The van der Waals surface area contributed by atoms with Crippen LogP contribution in [0.4, 0.5) is 0 Å². The van der Waals surface area contributed by atoms with Gasteiger partial charge in [0.05, 0.1) is 24.1 Å². The quantitative estimate of drug-likeness (QED) is 0.713. The molecular weight excluding hydrogens is 340 g/mol. The van der Waals surface area contributed by atoms with E-state index in [1.807, 2.05) is 42.2 Å². The van der Waals surface area contributed by atoms with Crippen LogP contribution >= 0.6 is 0 Å². The number of nitrogens with zero attached hydrogens (tertiary/aromatic N) is 4. The fourth-order valence-corrected chi connectivity index (χ4v) is 3.61. The molecule has 1 saturated heterocycles. The van der Waals surface area contributed by atoms with Gasteiger partial charge in [0, 0.05) is 31.3 Å². The zero-order chi connectivity index (χ0) is 18.8. The standard InChI is InChI=1S/C21H24N4O2/c1-15-5-7-18(8-6-15)27-14-17-4-3-11-24(13-17)21(26)19-12-22-20-9-10-23-25(20)16(19)2/h5-10,12,17H,3-4,11,13-14H2,1-2H3/t17-/m0/s1. The summed E-state index contributed by atoms with van der Waals surface area (Å²) in [4.78, 5) is 19.3. The first-order valence-corrected chi connectivity index (χ1v) is 9.40. The van der Waals surface area contributed by atoms with Crippen LogP contribution in [0.15, 0.2) is 42.7 Å². The number of piperidine rings is 1. The lowest BCUT2D eigenvalue weighted by molar-refractivity contribution is 0.0631. The summed E-state index contributed by atoms with van der Waals surface area (Å²) in [7, 11) is 0. The fraction of sp³-hybridized carbons (Fsp3) is 0.381. The summed E-state index contributed by atoms with van der Waals surface area (Å²) in [6, 6.07) is 9.92. The monoisotopic (exact) mass is 364 g/mol. The lowest BCUT2D eigenvalue weighted by atomic mass is 9.98. The second kappa shape index (κ2) is 7.39. The van der Waals surface area contributed by atoms with E-state index in [9.17, 15) is 4.79 Å². The van der Waals surface area contributed by atoms with Crippen LogP contribution < -0.4 is 4.74 Å². The average molecular weight is 364 g/mol. The van der Waals surface area contributed by atoms with Gasteiger partial charge in [0.2, 0.25) is 0 Å². The zero-order valence-corrected chi connectivity index (χ0v) is 15.8. The Morgan fingerprint density at radius 1 is 1.22 bits per heavy atom. The maximum absolute atomic E-state index is 13.0. The van der Waals surface area contributed by atoms with E-state index in [2.05, 4.69) is 17.0 Å². The molecule has 0 N–H and O–H groups in total. The molecule has 6 heteroatoms. The lowest BCUT2D eigenvalue weighted by Crippen LogP contribution is -2.42. The molecule has 3 aromatic rings. The van der Waals surface area contributed by atoms with E-state index in [0.29, 0.717) is 24.6 Å². The molecule has 0 unspecified atom stereocenters. The molecule has 140 valence electrons. The van der Waals surface area contributed by atoms with Crippen molar-refractivity contribution in [3.8, 4) is 5.75 Å². The Hall–Kier alpha value is -2.89. The number of aryl methyl sites for hydroxylation is 2. The average Bonchev–Trinajstić information content (AvgIpc) is 3.17. The SMILES string of the molecule is Cc1ccc(OC[C@H]2CCCN(C(=O)c3cnc4ccnn4c3C)C2)cc1. The maximum Gasteiger partial charge on any atom is 0.257 e. The highest BCUT2D eigenvalue weighted by Crippen LogP contribution is 2.21. The number of amides is 1. The number of fused-ring (bicyclic) bond motifs is 1. The molecule has 4 rings (SSSR count). The van der Waals surface area contributed by atoms with E-state index in [1.54, 1.807) is 16.9 Å². The summed E-state index contributed by atoms with van der Waals surface area (Å²) < 4.78 is 7.66. The van der Waals surface area contributed by atoms with Crippen LogP contribution in [-0.2, 0) is 0 Å². The van der Waals surface area contributed by atoms with E-state index in [-0.39, 0.29) is 5.91 Å². The van der Waals surface area contributed by atoms with Gasteiger partial charge < -0.3 is 9.64 Å². The van der Waals surface area contributed by atoms with Crippen LogP contribution in [0.1, 0.15) is 34.5 Å². The van der Waals surface area contributed by atoms with Crippen molar-refractivity contribution in [3.63, 3.8) is 0 Å². The van der Waals surface area contributed by atoms with Gasteiger partial charge >= 0.3 is 0 Å². The first-order chi connectivity index (χ1) is 13.1. The van der Waals surface area contributed by atoms with Crippen LogP contribution in [0.25, 0.3) is 5.65 Å². The first kappa shape index (κ1) is 17.5. The Morgan fingerprint density at radius 3 is 2.85 bits per heavy atom. The third-order valence-electron chi connectivity index (χ3n) is 5.20. The van der Waals surface area contributed by atoms with E-state index < -0.39 is 0 Å². The van der Waals surface area contributed by atoms with Crippen molar-refractivity contribution in [3.05, 3.63) is 59.5 Å². The predicted octanol–water partition coefficient (Wildman–Crippen LogP) is 3.28. The minimum Gasteiger partial charge on any atom is -0.493 e. The van der Waals surface area contributed by atoms with Crippen LogP contribution in [0.3, 0.4) is 0 Å². The van der Waals surface area contributed by atoms with E-state index in [0.717, 1.165) is 36.5 Å². The molecule has 1 fully saturated rings. The number of rotatable bonds is 4. The summed E-state index contributed by atoms with van der Waals surface area (Å²) in [5.41, 5.74) is 3.42. The van der Waals surface area contributed by atoms with Gasteiger partial charge in [0.15, 0.2) is 5.65 Å². The molecule has 2 aromatic heterocycles. The van der Waals surface area contributed by atoms with Crippen molar-refractivity contribution in [1.29, 1.82) is 0 Å². The minimum atomic E-state index is 0.0254. The molecule has 1 amide bonds. The molecule has 0 saturated carbocycles. The molecule has 0 aliphatic carbocycles. The number of carbonyl (C=O) groups excluding carboxylic acids is 1. The third kappa shape index (κ3) is 3.65. The number of carbonyl (C=O) groups is 1. The highest BCUT2D eigenvalue weighted by molar-refractivity contribution is 5.95. The molecule has 1 aliphatic heterocycles. The summed E-state index contributed by atoms with van der Waals surface area (Å²) in [5.74, 6) is 1.25. The highest BCUT2D eigenvalue weighted by atomic mass is 16.5. The third-order valence-corrected chi connectivity index (χ3v) is 5.20. The van der Waals surface area contributed by atoms with Crippen molar-refractivity contribution in [1.82, 2.24) is 19.5 Å². The molecule has 1 aliphatic rings. The molecule has 0 bridgehead atoms. The highest BCUT2D eigenvalue weighted by Gasteiger charge is 2.26. The number of benzene rings is 1. The molecule has 6 nitrogen and oxygen atoms in total. The van der Waals surface area contributed by atoms with Crippen molar-refractivity contribution < 1.29 is 9.53 Å². The molecule has 0 radical (unpaired) electrons. The Morgan fingerprint density at radius 2 is 2.04 bits per heavy atom. The number of hydrogen-bond donors (Lipinski definition) is 0. The molecule has 3 heterocycles. The van der Waals surface area contributed by atoms with Gasteiger partial charge in [0.1, 0.15) is 5.75 Å². The van der Waals surface area contributed by atoms with E-state index in [4.69, 9.17) is 4.74 Å². The van der Waals surface area contributed by atoms with Gasteiger partial charge in [-0.2, -0.15) is 5.10 Å². The Bertz CT molecular complexity index is 948. The zero-order valence-electron chi connectivity index (χ0n) is 15.8. The van der Waals surface area contributed by atoms with Gasteiger partial charge in [-0.1, -0.05) is 17.7 Å². The molecule has 1 atom stereocenters. The normalized spacial score (nSPS) is 17.3. The van der Waals surface area contributed by atoms with E-state index >= 15 is 0 Å². The maximum atomic E-state index is 13.0. The molecule has 0 spiro atoms. The van der Waals surface area contributed by atoms with Crippen LogP contribution in [0, 0.1) is 19.8 Å². The summed E-state index contributed by atoms with van der Waals surface area (Å²) >= 11 is 0. The van der Waals surface area contributed by atoms with Crippen LogP contribution in [-0.4, -0.2) is 45.1 Å². The minimum absolute atomic E-state index is 0.0254. The largest absolute Gasteiger partial charge is 0.493 e. The van der Waals surface area contributed by atoms with Crippen LogP contribution in [0.2, 0.25) is 0 Å².